The second-order valence-corrected chi connectivity index (χ2v) is 6.12. The summed E-state index contributed by atoms with van der Waals surface area (Å²) in [6, 6.07) is 20.0. The molecule has 0 spiro atoms. The number of hydrogen-bond acceptors (Lipinski definition) is 5. The molecule has 0 aliphatic carbocycles. The monoisotopic (exact) mass is 374 g/mol. The second-order valence-electron chi connectivity index (χ2n) is 6.12. The lowest BCUT2D eigenvalue weighted by molar-refractivity contribution is 0.0704. The lowest BCUT2D eigenvalue weighted by atomic mass is 10.2. The van der Waals surface area contributed by atoms with Crippen LogP contribution in [0.3, 0.4) is 0 Å². The molecule has 0 radical (unpaired) electrons. The highest BCUT2D eigenvalue weighted by Crippen LogP contribution is 2.20. The number of para-hydroxylation sites is 1. The number of hydrogen-bond donors (Lipinski definition) is 0. The average molecular weight is 374 g/mol. The minimum absolute atomic E-state index is 0.174. The zero-order valence-corrected chi connectivity index (χ0v) is 15.0. The first-order valence-corrected chi connectivity index (χ1v) is 8.81. The van der Waals surface area contributed by atoms with Crippen LogP contribution in [0.25, 0.3) is 0 Å². The van der Waals surface area contributed by atoms with Crippen molar-refractivity contribution in [2.45, 2.75) is 13.1 Å². The van der Waals surface area contributed by atoms with Gasteiger partial charge in [-0.25, -0.2) is 4.98 Å². The smallest absolute Gasteiger partial charge is 0.256 e. The van der Waals surface area contributed by atoms with E-state index in [4.69, 9.17) is 13.6 Å². The van der Waals surface area contributed by atoms with Crippen LogP contribution in [-0.4, -0.2) is 15.8 Å². The highest BCUT2D eigenvalue weighted by Gasteiger charge is 2.19. The summed E-state index contributed by atoms with van der Waals surface area (Å²) in [5, 5.41) is 0. The van der Waals surface area contributed by atoms with Gasteiger partial charge in [-0.15, -0.1) is 0 Å². The number of aromatic nitrogens is 1. The molecule has 0 atom stereocenters. The van der Waals surface area contributed by atoms with Gasteiger partial charge in [0, 0.05) is 12.3 Å². The minimum atomic E-state index is -0.174. The topological polar surface area (TPSA) is 68.7 Å². The third kappa shape index (κ3) is 4.29. The molecule has 0 saturated carbocycles. The second kappa shape index (κ2) is 8.26. The van der Waals surface area contributed by atoms with Crippen LogP contribution in [0.15, 0.2) is 94.3 Å². The van der Waals surface area contributed by atoms with Gasteiger partial charge in [0.1, 0.15) is 17.3 Å². The van der Waals surface area contributed by atoms with E-state index in [0.29, 0.717) is 41.8 Å². The maximum absolute atomic E-state index is 13.0. The lowest BCUT2D eigenvalue weighted by Crippen LogP contribution is -2.30. The van der Waals surface area contributed by atoms with E-state index in [1.807, 2.05) is 42.5 Å². The van der Waals surface area contributed by atoms with Crippen molar-refractivity contribution < 1.29 is 18.4 Å². The van der Waals surface area contributed by atoms with Crippen LogP contribution < -0.4 is 4.74 Å². The predicted octanol–water partition coefficient (Wildman–Crippen LogP) is 4.90. The Morgan fingerprint density at radius 2 is 1.54 bits per heavy atom. The summed E-state index contributed by atoms with van der Waals surface area (Å²) >= 11 is 0. The first-order valence-electron chi connectivity index (χ1n) is 8.81. The van der Waals surface area contributed by atoms with E-state index >= 15 is 0 Å². The van der Waals surface area contributed by atoms with Crippen molar-refractivity contribution in [1.82, 2.24) is 9.88 Å². The Balaban J connectivity index is 1.50. The van der Waals surface area contributed by atoms with Crippen LogP contribution in [0.4, 0.5) is 0 Å². The number of carbonyl (C=O) groups is 1. The molecule has 3 heterocycles. The molecule has 6 nitrogen and oxygen atoms in total. The Bertz CT molecular complexity index is 958. The van der Waals surface area contributed by atoms with Crippen LogP contribution in [0.5, 0.6) is 11.6 Å². The van der Waals surface area contributed by atoms with Gasteiger partial charge in [-0.2, -0.15) is 0 Å². The predicted molar refractivity (Wildman–Crippen MR) is 102 cm³/mol. The molecule has 0 aliphatic heterocycles. The average Bonchev–Trinajstić information content (AvgIpc) is 3.43. The first kappa shape index (κ1) is 17.6. The number of nitrogens with zero attached hydrogens (tertiary/aromatic N) is 2. The number of rotatable bonds is 7. The van der Waals surface area contributed by atoms with E-state index < -0.39 is 0 Å². The number of benzene rings is 1. The Kier molecular flexibility index (Phi) is 5.20. The summed E-state index contributed by atoms with van der Waals surface area (Å²) in [7, 11) is 0. The molecule has 0 aliphatic rings. The third-order valence-electron chi connectivity index (χ3n) is 4.09. The standard InChI is InChI=1S/C22H18N2O4/c25-22(17-10-11-21(23-14-17)28-18-6-2-1-3-7-18)24(15-19-8-4-12-26-19)16-20-9-5-13-27-20/h1-14H,15-16H2. The van der Waals surface area contributed by atoms with Crippen molar-refractivity contribution >= 4 is 5.91 Å². The molecule has 0 bridgehead atoms. The van der Waals surface area contributed by atoms with Crippen LogP contribution in [-0.2, 0) is 13.1 Å². The Morgan fingerprint density at radius 1 is 0.857 bits per heavy atom. The van der Waals surface area contributed by atoms with Gasteiger partial charge in [0.25, 0.3) is 5.91 Å². The van der Waals surface area contributed by atoms with Gasteiger partial charge in [-0.1, -0.05) is 18.2 Å². The molecular formula is C22H18N2O4. The molecule has 6 heteroatoms. The zero-order chi connectivity index (χ0) is 19.2. The summed E-state index contributed by atoms with van der Waals surface area (Å²) in [6.07, 6.45) is 4.68. The molecule has 0 unspecified atom stereocenters. The maximum atomic E-state index is 13.0. The molecule has 1 aromatic carbocycles. The van der Waals surface area contributed by atoms with Gasteiger partial charge in [0.15, 0.2) is 0 Å². The number of carbonyl (C=O) groups excluding carboxylic acids is 1. The fourth-order valence-electron chi connectivity index (χ4n) is 2.74. The van der Waals surface area contributed by atoms with Crippen molar-refractivity contribution in [3.05, 3.63) is 103 Å². The fourth-order valence-corrected chi connectivity index (χ4v) is 2.74. The third-order valence-corrected chi connectivity index (χ3v) is 4.09. The highest BCUT2D eigenvalue weighted by molar-refractivity contribution is 5.93. The Hall–Kier alpha value is -3.80. The summed E-state index contributed by atoms with van der Waals surface area (Å²) < 4.78 is 16.5. The summed E-state index contributed by atoms with van der Waals surface area (Å²) in [5.41, 5.74) is 0.457. The van der Waals surface area contributed by atoms with E-state index in [0.717, 1.165) is 0 Å². The normalized spacial score (nSPS) is 10.6. The Morgan fingerprint density at radius 3 is 2.07 bits per heavy atom. The molecule has 0 N–H and O–H groups in total. The van der Waals surface area contributed by atoms with Gasteiger partial charge in [0.05, 0.1) is 31.2 Å². The van der Waals surface area contributed by atoms with E-state index in [2.05, 4.69) is 4.98 Å². The largest absolute Gasteiger partial charge is 0.467 e. The molecule has 4 rings (SSSR count). The van der Waals surface area contributed by atoms with Gasteiger partial charge < -0.3 is 18.5 Å². The molecule has 1 amide bonds. The summed E-state index contributed by atoms with van der Waals surface area (Å²) in [5.74, 6) is 2.32. The number of ether oxygens (including phenoxy) is 1. The quantitative estimate of drug-likeness (QED) is 0.460. The maximum Gasteiger partial charge on any atom is 0.256 e. The van der Waals surface area contributed by atoms with E-state index in [1.54, 1.807) is 41.7 Å². The van der Waals surface area contributed by atoms with Crippen molar-refractivity contribution in [2.24, 2.45) is 0 Å². The van der Waals surface area contributed by atoms with Gasteiger partial charge in [-0.3, -0.25) is 4.79 Å². The van der Waals surface area contributed by atoms with Crippen LogP contribution >= 0.6 is 0 Å². The molecule has 3 aromatic heterocycles. The van der Waals surface area contributed by atoms with E-state index in [-0.39, 0.29) is 5.91 Å². The molecular weight excluding hydrogens is 356 g/mol. The molecule has 0 saturated heterocycles. The zero-order valence-electron chi connectivity index (χ0n) is 15.0. The number of amides is 1. The minimum Gasteiger partial charge on any atom is -0.467 e. The highest BCUT2D eigenvalue weighted by atomic mass is 16.5. The summed E-state index contributed by atoms with van der Waals surface area (Å²) in [6.45, 7) is 0.656. The van der Waals surface area contributed by atoms with Gasteiger partial charge in [0.2, 0.25) is 5.88 Å². The van der Waals surface area contributed by atoms with Crippen molar-refractivity contribution in [1.29, 1.82) is 0 Å². The molecule has 4 aromatic rings. The molecule has 0 fully saturated rings. The molecule has 140 valence electrons. The van der Waals surface area contributed by atoms with Crippen molar-refractivity contribution in [2.75, 3.05) is 0 Å². The number of furan rings is 2. The van der Waals surface area contributed by atoms with Gasteiger partial charge in [-0.05, 0) is 42.5 Å². The van der Waals surface area contributed by atoms with E-state index in [9.17, 15) is 4.79 Å². The Labute approximate surface area is 162 Å². The van der Waals surface area contributed by atoms with Crippen LogP contribution in [0.2, 0.25) is 0 Å². The van der Waals surface area contributed by atoms with Gasteiger partial charge >= 0.3 is 0 Å². The van der Waals surface area contributed by atoms with Crippen LogP contribution in [0, 0.1) is 0 Å². The van der Waals surface area contributed by atoms with Crippen molar-refractivity contribution in [3.63, 3.8) is 0 Å². The first-order chi connectivity index (χ1) is 13.8. The van der Waals surface area contributed by atoms with Crippen LogP contribution in [0.1, 0.15) is 21.9 Å². The molecule has 28 heavy (non-hydrogen) atoms. The SMILES string of the molecule is O=C(c1ccc(Oc2ccccc2)nc1)N(Cc1ccco1)Cc1ccco1. The number of pyridine rings is 1. The summed E-state index contributed by atoms with van der Waals surface area (Å²) in [4.78, 5) is 18.9. The fraction of sp³-hybridized carbons (Fsp3) is 0.0909. The van der Waals surface area contributed by atoms with Crippen molar-refractivity contribution in [3.8, 4) is 11.6 Å². The lowest BCUT2D eigenvalue weighted by Gasteiger charge is -2.20. The van der Waals surface area contributed by atoms with E-state index in [1.165, 1.54) is 6.20 Å².